The predicted octanol–water partition coefficient (Wildman–Crippen LogP) is 3.00. The van der Waals surface area contributed by atoms with Crippen molar-refractivity contribution in [3.63, 3.8) is 0 Å². The molecule has 2 heterocycles. The fourth-order valence-corrected chi connectivity index (χ4v) is 3.48. The van der Waals surface area contributed by atoms with Gasteiger partial charge in [0.15, 0.2) is 0 Å². The van der Waals surface area contributed by atoms with E-state index < -0.39 is 35.9 Å². The standard InChI is InChI=1S/C19H14F3NO5/c20-19(21,22)13-3-1-2-11(8-13)12-4-5-15-14(9-12)18(27-6-7-28-18)17(26)23(15)10-16(24)25/h1-5,8-9H,6-7,10H2,(H,24,25). The Hall–Kier alpha value is -2.91. The van der Waals surface area contributed by atoms with E-state index in [0.29, 0.717) is 16.8 Å². The van der Waals surface area contributed by atoms with E-state index in [0.717, 1.165) is 17.0 Å². The monoisotopic (exact) mass is 393 g/mol. The fraction of sp³-hybridized carbons (Fsp3) is 0.263. The van der Waals surface area contributed by atoms with Gasteiger partial charge in [-0.15, -0.1) is 0 Å². The molecule has 2 aliphatic heterocycles. The van der Waals surface area contributed by atoms with Crippen molar-refractivity contribution in [1.82, 2.24) is 0 Å². The lowest BCUT2D eigenvalue weighted by Gasteiger charge is -2.21. The van der Waals surface area contributed by atoms with Gasteiger partial charge >= 0.3 is 12.1 Å². The number of halogens is 3. The van der Waals surface area contributed by atoms with Gasteiger partial charge in [0, 0.05) is 5.56 Å². The molecule has 9 heteroatoms. The number of ether oxygens (including phenoxy) is 2. The summed E-state index contributed by atoms with van der Waals surface area (Å²) in [5.74, 6) is -3.64. The Morgan fingerprint density at radius 1 is 1.11 bits per heavy atom. The van der Waals surface area contributed by atoms with E-state index in [9.17, 15) is 22.8 Å². The van der Waals surface area contributed by atoms with Gasteiger partial charge in [-0.2, -0.15) is 13.2 Å². The summed E-state index contributed by atoms with van der Waals surface area (Å²) in [5.41, 5.74) is 0.511. The molecular weight excluding hydrogens is 379 g/mol. The lowest BCUT2D eigenvalue weighted by atomic mass is 9.98. The maximum atomic E-state index is 13.0. The number of nitrogens with zero attached hydrogens (tertiary/aromatic N) is 1. The molecule has 0 unspecified atom stereocenters. The Morgan fingerprint density at radius 2 is 1.79 bits per heavy atom. The van der Waals surface area contributed by atoms with Crippen LogP contribution < -0.4 is 4.90 Å². The zero-order valence-corrected chi connectivity index (χ0v) is 14.3. The van der Waals surface area contributed by atoms with Gasteiger partial charge in [0.1, 0.15) is 6.54 Å². The molecule has 0 saturated carbocycles. The number of amides is 1. The van der Waals surface area contributed by atoms with Crippen LogP contribution in [0.25, 0.3) is 11.1 Å². The Morgan fingerprint density at radius 3 is 2.43 bits per heavy atom. The third-order valence-electron chi connectivity index (χ3n) is 4.68. The number of rotatable bonds is 3. The molecule has 1 amide bonds. The number of hydrogen-bond acceptors (Lipinski definition) is 4. The zero-order chi connectivity index (χ0) is 20.1. The van der Waals surface area contributed by atoms with Crippen molar-refractivity contribution in [1.29, 1.82) is 0 Å². The lowest BCUT2D eigenvalue weighted by Crippen LogP contribution is -2.43. The molecule has 2 aromatic carbocycles. The van der Waals surface area contributed by atoms with Crippen LogP contribution in [-0.2, 0) is 31.0 Å². The van der Waals surface area contributed by atoms with Gasteiger partial charge in [0.05, 0.1) is 24.5 Å². The minimum Gasteiger partial charge on any atom is -0.480 e. The summed E-state index contributed by atoms with van der Waals surface area (Å²) >= 11 is 0. The summed E-state index contributed by atoms with van der Waals surface area (Å²) in [4.78, 5) is 25.0. The number of carboxylic acid groups (broad SMARTS) is 1. The number of fused-ring (bicyclic) bond motifs is 2. The molecule has 0 bridgehead atoms. The number of anilines is 1. The topological polar surface area (TPSA) is 76.1 Å². The minimum atomic E-state index is -4.49. The highest BCUT2D eigenvalue weighted by molar-refractivity contribution is 6.08. The Bertz CT molecular complexity index is 966. The smallest absolute Gasteiger partial charge is 0.416 e. The van der Waals surface area contributed by atoms with Crippen LogP contribution >= 0.6 is 0 Å². The summed E-state index contributed by atoms with van der Waals surface area (Å²) in [6.07, 6.45) is -4.49. The maximum Gasteiger partial charge on any atom is 0.416 e. The Balaban J connectivity index is 1.82. The van der Waals surface area contributed by atoms with Crippen LogP contribution in [0.2, 0.25) is 0 Å². The largest absolute Gasteiger partial charge is 0.480 e. The summed E-state index contributed by atoms with van der Waals surface area (Å²) in [7, 11) is 0. The van der Waals surface area contributed by atoms with Crippen LogP contribution in [-0.4, -0.2) is 36.7 Å². The van der Waals surface area contributed by atoms with Gasteiger partial charge in [-0.3, -0.25) is 14.5 Å². The molecule has 0 aliphatic carbocycles. The van der Waals surface area contributed by atoms with Crippen molar-refractivity contribution in [2.24, 2.45) is 0 Å². The SMILES string of the molecule is O=C(O)CN1C(=O)C2(OCCO2)c2cc(-c3cccc(C(F)(F)F)c3)ccc21. The lowest BCUT2D eigenvalue weighted by molar-refractivity contribution is -0.181. The second kappa shape index (κ2) is 6.32. The molecule has 1 spiro atoms. The first kappa shape index (κ1) is 18.5. The van der Waals surface area contributed by atoms with E-state index >= 15 is 0 Å². The number of benzene rings is 2. The quantitative estimate of drug-likeness (QED) is 0.868. The highest BCUT2D eigenvalue weighted by Gasteiger charge is 2.56. The number of carbonyl (C=O) groups excluding carboxylic acids is 1. The maximum absolute atomic E-state index is 13.0. The fourth-order valence-electron chi connectivity index (χ4n) is 3.48. The van der Waals surface area contributed by atoms with Crippen LogP contribution in [0.3, 0.4) is 0 Å². The number of carbonyl (C=O) groups is 2. The zero-order valence-electron chi connectivity index (χ0n) is 14.3. The summed E-state index contributed by atoms with van der Waals surface area (Å²) in [5, 5.41) is 9.11. The third-order valence-corrected chi connectivity index (χ3v) is 4.68. The molecule has 1 saturated heterocycles. The molecule has 1 N–H and O–H groups in total. The minimum absolute atomic E-state index is 0.139. The summed E-state index contributed by atoms with van der Waals surface area (Å²) in [6.45, 7) is -0.303. The average Bonchev–Trinajstić information content (AvgIpc) is 3.22. The van der Waals surface area contributed by atoms with Crippen molar-refractivity contribution >= 4 is 17.6 Å². The van der Waals surface area contributed by atoms with E-state index in [1.54, 1.807) is 0 Å². The molecule has 1 fully saturated rings. The molecule has 2 aromatic rings. The van der Waals surface area contributed by atoms with Gasteiger partial charge in [-0.1, -0.05) is 18.2 Å². The molecule has 0 atom stereocenters. The van der Waals surface area contributed by atoms with Crippen molar-refractivity contribution in [2.45, 2.75) is 12.0 Å². The van der Waals surface area contributed by atoms with E-state index in [-0.39, 0.29) is 18.8 Å². The molecule has 0 radical (unpaired) electrons. The first-order valence-corrected chi connectivity index (χ1v) is 8.36. The molecule has 2 aliphatic rings. The molecule has 146 valence electrons. The Kier molecular flexibility index (Phi) is 4.16. The molecule has 0 aromatic heterocycles. The molecular formula is C19H14F3NO5. The second-order valence-corrected chi connectivity index (χ2v) is 6.41. The highest BCUT2D eigenvalue weighted by Crippen LogP contribution is 2.47. The summed E-state index contributed by atoms with van der Waals surface area (Å²) in [6, 6.07) is 9.33. The molecule has 28 heavy (non-hydrogen) atoms. The predicted molar refractivity (Wildman–Crippen MR) is 90.5 cm³/mol. The van der Waals surface area contributed by atoms with Crippen LogP contribution in [0.1, 0.15) is 11.1 Å². The Labute approximate surface area is 157 Å². The van der Waals surface area contributed by atoms with Gasteiger partial charge in [0.25, 0.3) is 11.7 Å². The molecule has 6 nitrogen and oxygen atoms in total. The van der Waals surface area contributed by atoms with Gasteiger partial charge < -0.3 is 14.6 Å². The highest BCUT2D eigenvalue weighted by atomic mass is 19.4. The van der Waals surface area contributed by atoms with E-state index in [1.807, 2.05) is 0 Å². The van der Waals surface area contributed by atoms with Crippen molar-refractivity contribution < 1.29 is 37.3 Å². The number of carboxylic acids is 1. The van der Waals surface area contributed by atoms with E-state index in [2.05, 4.69) is 0 Å². The van der Waals surface area contributed by atoms with Gasteiger partial charge in [-0.25, -0.2) is 0 Å². The van der Waals surface area contributed by atoms with E-state index in [1.165, 1.54) is 30.3 Å². The van der Waals surface area contributed by atoms with Crippen LogP contribution in [0.15, 0.2) is 42.5 Å². The number of aliphatic carboxylic acids is 1. The van der Waals surface area contributed by atoms with E-state index in [4.69, 9.17) is 14.6 Å². The second-order valence-electron chi connectivity index (χ2n) is 6.41. The first-order chi connectivity index (χ1) is 13.2. The average molecular weight is 393 g/mol. The molecule has 4 rings (SSSR count). The number of hydrogen-bond donors (Lipinski definition) is 1. The number of alkyl halides is 3. The normalized spacial score (nSPS) is 18.0. The van der Waals surface area contributed by atoms with Gasteiger partial charge in [-0.05, 0) is 35.4 Å². The van der Waals surface area contributed by atoms with Crippen LogP contribution in [0, 0.1) is 0 Å². The van der Waals surface area contributed by atoms with Crippen molar-refractivity contribution in [3.05, 3.63) is 53.6 Å². The first-order valence-electron chi connectivity index (χ1n) is 8.36. The van der Waals surface area contributed by atoms with Gasteiger partial charge in [0.2, 0.25) is 0 Å². The summed E-state index contributed by atoms with van der Waals surface area (Å²) < 4.78 is 50.1. The van der Waals surface area contributed by atoms with Crippen molar-refractivity contribution in [3.8, 4) is 11.1 Å². The van der Waals surface area contributed by atoms with Crippen LogP contribution in [0.4, 0.5) is 18.9 Å². The van der Waals surface area contributed by atoms with Crippen LogP contribution in [0.5, 0.6) is 0 Å². The third kappa shape index (κ3) is 2.83. The van der Waals surface area contributed by atoms with Crippen molar-refractivity contribution in [2.75, 3.05) is 24.7 Å².